The molecule has 0 bridgehead atoms. The third-order valence-electron chi connectivity index (χ3n) is 3.18. The Labute approximate surface area is 101 Å². The zero-order chi connectivity index (χ0) is 12.3. The predicted molar refractivity (Wildman–Crippen MR) is 64.2 cm³/mol. The average molecular weight is 234 g/mol. The van der Waals surface area contributed by atoms with Crippen LogP contribution in [-0.2, 0) is 13.1 Å². The second-order valence-electron chi connectivity index (χ2n) is 4.31. The number of hydrogen-bond acceptors (Lipinski definition) is 3. The molecule has 0 unspecified atom stereocenters. The molecule has 1 aromatic rings. The van der Waals surface area contributed by atoms with Gasteiger partial charge in [-0.05, 0) is 12.8 Å². The van der Waals surface area contributed by atoms with Gasteiger partial charge in [0, 0.05) is 17.8 Å². The van der Waals surface area contributed by atoms with Crippen LogP contribution in [0.15, 0.2) is 12.5 Å². The monoisotopic (exact) mass is 234 g/mol. The molecule has 1 aliphatic heterocycles. The third kappa shape index (κ3) is 2.54. The molecule has 2 heterocycles. The standard InChI is InChI=1S/C12H18N4O/c1-3-10(4-2)15-12(17)16-6-9-5-13-8-14-11(9)7-16/h5,8,10H,3-4,6-7H2,1-2H3,(H,15,17). The summed E-state index contributed by atoms with van der Waals surface area (Å²) >= 11 is 0. The van der Waals surface area contributed by atoms with Crippen molar-refractivity contribution >= 4 is 6.03 Å². The SMILES string of the molecule is CCC(CC)NC(=O)N1Cc2cncnc2C1. The lowest BCUT2D eigenvalue weighted by atomic mass is 10.2. The molecule has 1 aliphatic rings. The number of urea groups is 1. The maximum atomic E-state index is 12.0. The van der Waals surface area contributed by atoms with E-state index in [9.17, 15) is 4.79 Å². The van der Waals surface area contributed by atoms with Gasteiger partial charge in [-0.2, -0.15) is 0 Å². The number of hydrogen-bond donors (Lipinski definition) is 1. The van der Waals surface area contributed by atoms with Crippen LogP contribution in [0.2, 0.25) is 0 Å². The van der Waals surface area contributed by atoms with Crippen LogP contribution >= 0.6 is 0 Å². The van der Waals surface area contributed by atoms with E-state index >= 15 is 0 Å². The van der Waals surface area contributed by atoms with E-state index in [1.165, 1.54) is 6.33 Å². The molecule has 0 atom stereocenters. The number of aromatic nitrogens is 2. The van der Waals surface area contributed by atoms with Crippen molar-refractivity contribution < 1.29 is 4.79 Å². The summed E-state index contributed by atoms with van der Waals surface area (Å²) in [6.07, 6.45) is 5.24. The predicted octanol–water partition coefficient (Wildman–Crippen LogP) is 1.69. The van der Waals surface area contributed by atoms with Gasteiger partial charge in [-0.25, -0.2) is 14.8 Å². The zero-order valence-electron chi connectivity index (χ0n) is 10.3. The first-order valence-electron chi connectivity index (χ1n) is 6.07. The van der Waals surface area contributed by atoms with E-state index in [0.717, 1.165) is 24.1 Å². The lowest BCUT2D eigenvalue weighted by Gasteiger charge is -2.21. The van der Waals surface area contributed by atoms with E-state index < -0.39 is 0 Å². The van der Waals surface area contributed by atoms with E-state index in [1.807, 2.05) is 0 Å². The highest BCUT2D eigenvalue weighted by Crippen LogP contribution is 2.19. The molecule has 0 aromatic carbocycles. The van der Waals surface area contributed by atoms with Gasteiger partial charge in [0.2, 0.25) is 0 Å². The number of nitrogens with zero attached hydrogens (tertiary/aromatic N) is 3. The minimum atomic E-state index is -0.00306. The van der Waals surface area contributed by atoms with Gasteiger partial charge < -0.3 is 10.2 Å². The fourth-order valence-corrected chi connectivity index (χ4v) is 2.00. The Balaban J connectivity index is 1.96. The first-order valence-corrected chi connectivity index (χ1v) is 6.07. The molecular formula is C12H18N4O. The van der Waals surface area contributed by atoms with E-state index in [0.29, 0.717) is 13.1 Å². The lowest BCUT2D eigenvalue weighted by molar-refractivity contribution is 0.193. The van der Waals surface area contributed by atoms with Crippen LogP contribution in [0.4, 0.5) is 4.79 Å². The highest BCUT2D eigenvalue weighted by Gasteiger charge is 2.25. The van der Waals surface area contributed by atoms with Crippen molar-refractivity contribution in [2.45, 2.75) is 45.8 Å². The summed E-state index contributed by atoms with van der Waals surface area (Å²) in [7, 11) is 0. The Morgan fingerprint density at radius 3 is 2.88 bits per heavy atom. The minimum Gasteiger partial charge on any atom is -0.335 e. The van der Waals surface area contributed by atoms with Crippen LogP contribution < -0.4 is 5.32 Å². The fraction of sp³-hybridized carbons (Fsp3) is 0.583. The fourth-order valence-electron chi connectivity index (χ4n) is 2.00. The van der Waals surface area contributed by atoms with Gasteiger partial charge in [0.25, 0.3) is 0 Å². The summed E-state index contributed by atoms with van der Waals surface area (Å²) in [6.45, 7) is 5.36. The number of fused-ring (bicyclic) bond motifs is 1. The van der Waals surface area contributed by atoms with Crippen molar-refractivity contribution in [3.05, 3.63) is 23.8 Å². The van der Waals surface area contributed by atoms with E-state index in [-0.39, 0.29) is 12.1 Å². The molecule has 1 N–H and O–H groups in total. The average Bonchev–Trinajstić information content (AvgIpc) is 2.79. The molecule has 2 amide bonds. The van der Waals surface area contributed by atoms with Crippen molar-refractivity contribution in [3.63, 3.8) is 0 Å². The molecule has 0 saturated carbocycles. The summed E-state index contributed by atoms with van der Waals surface area (Å²) in [5.74, 6) is 0. The smallest absolute Gasteiger partial charge is 0.318 e. The van der Waals surface area contributed by atoms with Crippen LogP contribution in [0.25, 0.3) is 0 Å². The molecule has 1 aromatic heterocycles. The van der Waals surface area contributed by atoms with Crippen LogP contribution in [0.5, 0.6) is 0 Å². The van der Waals surface area contributed by atoms with E-state index in [4.69, 9.17) is 0 Å². The number of rotatable bonds is 3. The van der Waals surface area contributed by atoms with Gasteiger partial charge in [0.05, 0.1) is 18.8 Å². The highest BCUT2D eigenvalue weighted by atomic mass is 16.2. The summed E-state index contributed by atoms with van der Waals surface area (Å²) in [5, 5.41) is 3.03. The minimum absolute atomic E-state index is 0.00306. The molecule has 2 rings (SSSR count). The van der Waals surface area contributed by atoms with Gasteiger partial charge in [-0.3, -0.25) is 0 Å². The number of carbonyl (C=O) groups excluding carboxylic acids is 1. The van der Waals surface area contributed by atoms with Crippen molar-refractivity contribution in [1.29, 1.82) is 0 Å². The molecule has 17 heavy (non-hydrogen) atoms. The Bertz CT molecular complexity index is 378. The molecule has 5 nitrogen and oxygen atoms in total. The van der Waals surface area contributed by atoms with Crippen molar-refractivity contribution in [2.24, 2.45) is 0 Å². The van der Waals surface area contributed by atoms with Crippen LogP contribution in [0.3, 0.4) is 0 Å². The van der Waals surface area contributed by atoms with Crippen molar-refractivity contribution in [3.8, 4) is 0 Å². The van der Waals surface area contributed by atoms with Crippen LogP contribution in [0.1, 0.15) is 37.9 Å². The maximum Gasteiger partial charge on any atom is 0.318 e. The first kappa shape index (κ1) is 11.8. The second kappa shape index (κ2) is 5.12. The Morgan fingerprint density at radius 2 is 2.24 bits per heavy atom. The second-order valence-corrected chi connectivity index (χ2v) is 4.31. The van der Waals surface area contributed by atoms with Gasteiger partial charge in [0.1, 0.15) is 6.33 Å². The van der Waals surface area contributed by atoms with Crippen molar-refractivity contribution in [2.75, 3.05) is 0 Å². The normalized spacial score (nSPS) is 13.9. The summed E-state index contributed by atoms with van der Waals surface area (Å²) in [5.41, 5.74) is 2.01. The summed E-state index contributed by atoms with van der Waals surface area (Å²) < 4.78 is 0. The molecule has 92 valence electrons. The van der Waals surface area contributed by atoms with Gasteiger partial charge in [-0.15, -0.1) is 0 Å². The number of carbonyl (C=O) groups is 1. The number of nitrogens with one attached hydrogen (secondary N) is 1. The van der Waals surface area contributed by atoms with Crippen LogP contribution in [-0.4, -0.2) is 26.9 Å². The number of amides is 2. The Morgan fingerprint density at radius 1 is 1.47 bits per heavy atom. The van der Waals surface area contributed by atoms with Crippen molar-refractivity contribution in [1.82, 2.24) is 20.2 Å². The molecular weight excluding hydrogens is 216 g/mol. The highest BCUT2D eigenvalue weighted by molar-refractivity contribution is 5.75. The molecule has 0 saturated heterocycles. The third-order valence-corrected chi connectivity index (χ3v) is 3.18. The van der Waals surface area contributed by atoms with E-state index in [1.54, 1.807) is 11.1 Å². The Kier molecular flexibility index (Phi) is 3.56. The molecule has 0 spiro atoms. The Hall–Kier alpha value is -1.65. The molecule has 0 aliphatic carbocycles. The van der Waals surface area contributed by atoms with Crippen LogP contribution in [0, 0.1) is 0 Å². The van der Waals surface area contributed by atoms with Gasteiger partial charge in [0.15, 0.2) is 0 Å². The maximum absolute atomic E-state index is 12.0. The summed E-state index contributed by atoms with van der Waals surface area (Å²) in [6, 6.07) is 0.258. The lowest BCUT2D eigenvalue weighted by Crippen LogP contribution is -2.42. The largest absolute Gasteiger partial charge is 0.335 e. The molecule has 0 fully saturated rings. The molecule has 5 heteroatoms. The topological polar surface area (TPSA) is 58.1 Å². The van der Waals surface area contributed by atoms with Gasteiger partial charge >= 0.3 is 6.03 Å². The molecule has 0 radical (unpaired) electrons. The first-order chi connectivity index (χ1) is 8.24. The summed E-state index contributed by atoms with van der Waals surface area (Å²) in [4.78, 5) is 21.9. The van der Waals surface area contributed by atoms with Gasteiger partial charge in [-0.1, -0.05) is 13.8 Å². The van der Waals surface area contributed by atoms with E-state index in [2.05, 4.69) is 29.1 Å². The zero-order valence-corrected chi connectivity index (χ0v) is 10.3. The quantitative estimate of drug-likeness (QED) is 0.865.